The average molecular weight is 197 g/mol. The summed E-state index contributed by atoms with van der Waals surface area (Å²) >= 11 is 0. The summed E-state index contributed by atoms with van der Waals surface area (Å²) in [5.74, 6) is 0. The molecule has 2 aliphatic rings. The smallest absolute Gasteiger partial charge is 0.0348 e. The molecule has 0 aromatic carbocycles. The highest BCUT2D eigenvalue weighted by Crippen LogP contribution is 2.22. The molecular weight excluding hydrogens is 174 g/mol. The number of hydrogen-bond donors (Lipinski definition) is 1. The van der Waals surface area contributed by atoms with Crippen LogP contribution in [0.25, 0.3) is 0 Å². The molecule has 0 amide bonds. The van der Waals surface area contributed by atoms with Crippen LogP contribution in [0.15, 0.2) is 0 Å². The van der Waals surface area contributed by atoms with Crippen LogP contribution < -0.4 is 5.32 Å². The summed E-state index contributed by atoms with van der Waals surface area (Å²) in [4.78, 5) is 5.18. The second-order valence-electron chi connectivity index (χ2n) is 4.82. The summed E-state index contributed by atoms with van der Waals surface area (Å²) in [5.41, 5.74) is 0. The van der Waals surface area contributed by atoms with Gasteiger partial charge in [0.2, 0.25) is 0 Å². The fourth-order valence-electron chi connectivity index (χ4n) is 2.72. The lowest BCUT2D eigenvalue weighted by Crippen LogP contribution is -2.60. The Bertz CT molecular complexity index is 181. The molecule has 0 radical (unpaired) electrons. The predicted molar refractivity (Wildman–Crippen MR) is 59.5 cm³/mol. The van der Waals surface area contributed by atoms with Crippen LogP contribution in [0.1, 0.15) is 20.3 Å². The summed E-state index contributed by atoms with van der Waals surface area (Å²) in [6.45, 7) is 9.49. The number of likely N-dealkylation sites (N-methyl/N-ethyl adjacent to an activating group) is 2. The molecule has 2 aliphatic heterocycles. The van der Waals surface area contributed by atoms with E-state index in [0.717, 1.165) is 18.1 Å². The molecule has 3 nitrogen and oxygen atoms in total. The summed E-state index contributed by atoms with van der Waals surface area (Å²) in [6.07, 6.45) is 1.35. The van der Waals surface area contributed by atoms with Crippen molar-refractivity contribution in [2.24, 2.45) is 0 Å². The SMILES string of the molecule is CCN(C1CNC1)C1CC(C)N(C)C1. The van der Waals surface area contributed by atoms with Gasteiger partial charge >= 0.3 is 0 Å². The summed E-state index contributed by atoms with van der Waals surface area (Å²) in [6, 6.07) is 2.37. The first-order valence-electron chi connectivity index (χ1n) is 5.89. The molecule has 2 heterocycles. The molecule has 0 bridgehead atoms. The second-order valence-corrected chi connectivity index (χ2v) is 4.82. The van der Waals surface area contributed by atoms with E-state index >= 15 is 0 Å². The highest BCUT2D eigenvalue weighted by molar-refractivity contribution is 4.93. The lowest BCUT2D eigenvalue weighted by Gasteiger charge is -2.41. The van der Waals surface area contributed by atoms with Crippen LogP contribution in [0.3, 0.4) is 0 Å². The van der Waals surface area contributed by atoms with Crippen LogP contribution in [-0.2, 0) is 0 Å². The van der Waals surface area contributed by atoms with Gasteiger partial charge in [-0.3, -0.25) is 4.90 Å². The molecule has 2 saturated heterocycles. The van der Waals surface area contributed by atoms with Crippen molar-refractivity contribution in [1.29, 1.82) is 0 Å². The van der Waals surface area contributed by atoms with E-state index in [4.69, 9.17) is 0 Å². The molecule has 0 aliphatic carbocycles. The fraction of sp³-hybridized carbons (Fsp3) is 1.00. The first-order valence-corrected chi connectivity index (χ1v) is 5.89. The molecule has 82 valence electrons. The topological polar surface area (TPSA) is 18.5 Å². The molecule has 1 N–H and O–H groups in total. The Labute approximate surface area is 87.4 Å². The molecule has 0 spiro atoms. The highest BCUT2D eigenvalue weighted by atomic mass is 15.3. The van der Waals surface area contributed by atoms with Crippen LogP contribution in [0.5, 0.6) is 0 Å². The predicted octanol–water partition coefficient (Wildman–Crippen LogP) is 0.373. The van der Waals surface area contributed by atoms with Crippen molar-refractivity contribution in [2.45, 2.75) is 38.4 Å². The molecular formula is C11H23N3. The Morgan fingerprint density at radius 2 is 2.07 bits per heavy atom. The van der Waals surface area contributed by atoms with Crippen molar-refractivity contribution in [3.63, 3.8) is 0 Å². The lowest BCUT2D eigenvalue weighted by atomic mass is 10.1. The molecule has 0 aromatic heterocycles. The maximum Gasteiger partial charge on any atom is 0.0348 e. The van der Waals surface area contributed by atoms with Gasteiger partial charge in [-0.15, -0.1) is 0 Å². The minimum atomic E-state index is 0.766. The Morgan fingerprint density at radius 3 is 2.43 bits per heavy atom. The number of hydrogen-bond acceptors (Lipinski definition) is 3. The van der Waals surface area contributed by atoms with Crippen molar-refractivity contribution < 1.29 is 0 Å². The third-order valence-electron chi connectivity index (χ3n) is 3.93. The molecule has 2 rings (SSSR count). The number of nitrogens with zero attached hydrogens (tertiary/aromatic N) is 2. The van der Waals surface area contributed by atoms with E-state index in [0.29, 0.717) is 0 Å². The Morgan fingerprint density at radius 1 is 1.36 bits per heavy atom. The van der Waals surface area contributed by atoms with Crippen LogP contribution in [-0.4, -0.2) is 61.2 Å². The Kier molecular flexibility index (Phi) is 3.10. The van der Waals surface area contributed by atoms with Crippen molar-refractivity contribution >= 4 is 0 Å². The van der Waals surface area contributed by atoms with E-state index in [2.05, 4.69) is 36.0 Å². The van der Waals surface area contributed by atoms with Gasteiger partial charge in [-0.05, 0) is 26.9 Å². The summed E-state index contributed by atoms with van der Waals surface area (Å²) in [5, 5.41) is 3.37. The van der Waals surface area contributed by atoms with Crippen LogP contribution in [0, 0.1) is 0 Å². The van der Waals surface area contributed by atoms with E-state index < -0.39 is 0 Å². The maximum atomic E-state index is 3.37. The van der Waals surface area contributed by atoms with Gasteiger partial charge in [-0.2, -0.15) is 0 Å². The zero-order valence-electron chi connectivity index (χ0n) is 9.66. The molecule has 2 atom stereocenters. The van der Waals surface area contributed by atoms with Gasteiger partial charge in [0, 0.05) is 37.8 Å². The van der Waals surface area contributed by atoms with Gasteiger partial charge in [0.25, 0.3) is 0 Å². The number of rotatable bonds is 3. The first-order chi connectivity index (χ1) is 6.72. The van der Waals surface area contributed by atoms with Crippen molar-refractivity contribution in [1.82, 2.24) is 15.1 Å². The number of nitrogens with one attached hydrogen (secondary N) is 1. The molecule has 2 fully saturated rings. The Hall–Kier alpha value is -0.120. The third-order valence-corrected chi connectivity index (χ3v) is 3.93. The Balaban J connectivity index is 1.92. The molecule has 14 heavy (non-hydrogen) atoms. The van der Waals surface area contributed by atoms with Crippen LogP contribution in [0.2, 0.25) is 0 Å². The fourth-order valence-corrected chi connectivity index (χ4v) is 2.72. The number of likely N-dealkylation sites (tertiary alicyclic amines) is 1. The van der Waals surface area contributed by atoms with E-state index in [-0.39, 0.29) is 0 Å². The molecule has 2 unspecified atom stereocenters. The van der Waals surface area contributed by atoms with E-state index in [9.17, 15) is 0 Å². The van der Waals surface area contributed by atoms with Crippen LogP contribution >= 0.6 is 0 Å². The lowest BCUT2D eigenvalue weighted by molar-refractivity contribution is 0.105. The van der Waals surface area contributed by atoms with E-state index in [1.807, 2.05) is 0 Å². The van der Waals surface area contributed by atoms with E-state index in [1.165, 1.54) is 32.6 Å². The van der Waals surface area contributed by atoms with Crippen LogP contribution in [0.4, 0.5) is 0 Å². The van der Waals surface area contributed by atoms with Gasteiger partial charge in [0.05, 0.1) is 0 Å². The summed E-state index contributed by atoms with van der Waals surface area (Å²) in [7, 11) is 2.25. The minimum absolute atomic E-state index is 0.766. The van der Waals surface area contributed by atoms with Crippen molar-refractivity contribution in [3.05, 3.63) is 0 Å². The monoisotopic (exact) mass is 197 g/mol. The van der Waals surface area contributed by atoms with Crippen molar-refractivity contribution in [3.8, 4) is 0 Å². The van der Waals surface area contributed by atoms with E-state index in [1.54, 1.807) is 0 Å². The molecule has 0 saturated carbocycles. The van der Waals surface area contributed by atoms with Crippen molar-refractivity contribution in [2.75, 3.05) is 33.2 Å². The third kappa shape index (κ3) is 1.81. The zero-order valence-corrected chi connectivity index (χ0v) is 9.66. The second kappa shape index (κ2) is 4.17. The first kappa shape index (κ1) is 10.4. The van der Waals surface area contributed by atoms with Gasteiger partial charge in [0.1, 0.15) is 0 Å². The van der Waals surface area contributed by atoms with Gasteiger partial charge in [-0.25, -0.2) is 0 Å². The zero-order chi connectivity index (χ0) is 10.1. The molecule has 3 heteroatoms. The quantitative estimate of drug-likeness (QED) is 0.705. The van der Waals surface area contributed by atoms with Gasteiger partial charge < -0.3 is 10.2 Å². The maximum absolute atomic E-state index is 3.37. The average Bonchev–Trinajstić information content (AvgIpc) is 2.39. The normalized spacial score (nSPS) is 35.1. The standard InChI is InChI=1S/C11H23N3/c1-4-14(11-6-12-7-11)10-5-9(2)13(3)8-10/h9-12H,4-8H2,1-3H3. The van der Waals surface area contributed by atoms with Gasteiger partial charge in [0.15, 0.2) is 0 Å². The minimum Gasteiger partial charge on any atom is -0.314 e. The summed E-state index contributed by atoms with van der Waals surface area (Å²) < 4.78 is 0. The largest absolute Gasteiger partial charge is 0.314 e. The highest BCUT2D eigenvalue weighted by Gasteiger charge is 2.35. The molecule has 0 aromatic rings. The van der Waals surface area contributed by atoms with Gasteiger partial charge in [-0.1, -0.05) is 6.92 Å².